The Morgan fingerprint density at radius 2 is 2.10 bits per heavy atom. The van der Waals surface area contributed by atoms with Gasteiger partial charge in [-0.05, 0) is 25.1 Å². The van der Waals surface area contributed by atoms with Crippen LogP contribution in [0.1, 0.15) is 17.3 Å². The number of hydrogen-bond donors (Lipinski definition) is 1. The summed E-state index contributed by atoms with van der Waals surface area (Å²) in [5.74, 6) is -0.681. The van der Waals surface area contributed by atoms with Crippen LogP contribution in [0, 0.1) is 0 Å². The highest BCUT2D eigenvalue weighted by molar-refractivity contribution is 5.90. The fourth-order valence-corrected chi connectivity index (χ4v) is 1.96. The first-order valence-corrected chi connectivity index (χ1v) is 6.34. The zero-order valence-electron chi connectivity index (χ0n) is 11.7. The largest absolute Gasteiger partial charge is 0.497 e. The van der Waals surface area contributed by atoms with E-state index in [0.717, 1.165) is 0 Å². The zero-order valence-corrected chi connectivity index (χ0v) is 11.7. The van der Waals surface area contributed by atoms with Crippen LogP contribution < -0.4 is 15.0 Å². The molecular weight excluding hydrogens is 274 g/mol. The lowest BCUT2D eigenvalue weighted by Crippen LogP contribution is -2.25. The summed E-state index contributed by atoms with van der Waals surface area (Å²) in [6.45, 7) is 2.00. The van der Waals surface area contributed by atoms with Crippen molar-refractivity contribution >= 4 is 5.97 Å². The second kappa shape index (κ2) is 6.13. The molecule has 21 heavy (non-hydrogen) atoms. The Morgan fingerprint density at radius 3 is 2.71 bits per heavy atom. The lowest BCUT2D eigenvalue weighted by atomic mass is 10.2. The quantitative estimate of drug-likeness (QED) is 0.910. The molecule has 0 spiro atoms. The van der Waals surface area contributed by atoms with Gasteiger partial charge in [-0.2, -0.15) is 0 Å². The van der Waals surface area contributed by atoms with Gasteiger partial charge in [-0.3, -0.25) is 9.36 Å². The standard InChI is InChI=1S/C15H15NO5/c1-3-21-12-7-8-16(14(17)13(12)15(18)19)10-5-4-6-11(9-10)20-2/h4-9H,3H2,1-2H3,(H,18,19). The van der Waals surface area contributed by atoms with E-state index in [1.165, 1.54) is 23.9 Å². The summed E-state index contributed by atoms with van der Waals surface area (Å²) < 4.78 is 11.5. The SMILES string of the molecule is CCOc1ccn(-c2cccc(OC)c2)c(=O)c1C(=O)O. The lowest BCUT2D eigenvalue weighted by molar-refractivity contribution is 0.0690. The summed E-state index contributed by atoms with van der Waals surface area (Å²) in [5, 5.41) is 9.23. The first-order chi connectivity index (χ1) is 10.1. The Kier molecular flexibility index (Phi) is 4.27. The van der Waals surface area contributed by atoms with Crippen molar-refractivity contribution in [3.63, 3.8) is 0 Å². The van der Waals surface area contributed by atoms with Crippen LogP contribution in [-0.4, -0.2) is 29.4 Å². The molecule has 0 saturated heterocycles. The van der Waals surface area contributed by atoms with E-state index >= 15 is 0 Å². The highest BCUT2D eigenvalue weighted by Crippen LogP contribution is 2.19. The second-order valence-electron chi connectivity index (χ2n) is 4.17. The first kappa shape index (κ1) is 14.6. The highest BCUT2D eigenvalue weighted by atomic mass is 16.5. The van der Waals surface area contributed by atoms with Gasteiger partial charge in [-0.15, -0.1) is 0 Å². The summed E-state index contributed by atoms with van der Waals surface area (Å²) in [6, 6.07) is 8.26. The fourth-order valence-electron chi connectivity index (χ4n) is 1.96. The molecule has 110 valence electrons. The normalized spacial score (nSPS) is 10.2. The number of methoxy groups -OCH3 is 1. The van der Waals surface area contributed by atoms with Gasteiger partial charge in [-0.25, -0.2) is 4.79 Å². The maximum absolute atomic E-state index is 12.4. The summed E-state index contributed by atoms with van der Waals surface area (Å²) in [7, 11) is 1.52. The van der Waals surface area contributed by atoms with Gasteiger partial charge >= 0.3 is 5.97 Å². The summed E-state index contributed by atoms with van der Waals surface area (Å²) in [5.41, 5.74) is -0.520. The Labute approximate surface area is 121 Å². The summed E-state index contributed by atoms with van der Waals surface area (Å²) in [6.07, 6.45) is 1.48. The summed E-state index contributed by atoms with van der Waals surface area (Å²) in [4.78, 5) is 23.7. The maximum atomic E-state index is 12.4. The molecular formula is C15H15NO5. The van der Waals surface area contributed by atoms with Crippen LogP contribution in [0.4, 0.5) is 0 Å². The molecule has 0 aliphatic heterocycles. The number of ether oxygens (including phenoxy) is 2. The van der Waals surface area contributed by atoms with Crippen LogP contribution in [0.3, 0.4) is 0 Å². The van der Waals surface area contributed by atoms with Gasteiger partial charge in [0.15, 0.2) is 5.56 Å². The van der Waals surface area contributed by atoms with Crippen LogP contribution in [-0.2, 0) is 0 Å². The van der Waals surface area contributed by atoms with Crippen molar-refractivity contribution < 1.29 is 19.4 Å². The smallest absolute Gasteiger partial charge is 0.345 e. The minimum absolute atomic E-state index is 0.0640. The van der Waals surface area contributed by atoms with Crippen LogP contribution >= 0.6 is 0 Å². The number of benzene rings is 1. The van der Waals surface area contributed by atoms with Crippen LogP contribution in [0.5, 0.6) is 11.5 Å². The van der Waals surface area contributed by atoms with E-state index in [2.05, 4.69) is 0 Å². The molecule has 2 aromatic rings. The highest BCUT2D eigenvalue weighted by Gasteiger charge is 2.18. The maximum Gasteiger partial charge on any atom is 0.345 e. The van der Waals surface area contributed by atoms with E-state index in [1.807, 2.05) is 0 Å². The number of carbonyl (C=O) groups is 1. The summed E-state index contributed by atoms with van der Waals surface area (Å²) >= 11 is 0. The molecule has 1 heterocycles. The molecule has 2 rings (SSSR count). The number of carboxylic acid groups (broad SMARTS) is 1. The molecule has 0 aliphatic rings. The number of carboxylic acids is 1. The van der Waals surface area contributed by atoms with Gasteiger partial charge in [-0.1, -0.05) is 6.07 Å². The molecule has 0 amide bonds. The molecule has 0 bridgehead atoms. The van der Waals surface area contributed by atoms with Crippen molar-refractivity contribution in [2.75, 3.05) is 13.7 Å². The van der Waals surface area contributed by atoms with E-state index in [-0.39, 0.29) is 17.9 Å². The van der Waals surface area contributed by atoms with Crippen molar-refractivity contribution in [2.45, 2.75) is 6.92 Å². The third kappa shape index (κ3) is 2.89. The van der Waals surface area contributed by atoms with Crippen molar-refractivity contribution in [3.05, 3.63) is 52.4 Å². The van der Waals surface area contributed by atoms with Gasteiger partial charge in [0.25, 0.3) is 5.56 Å². The van der Waals surface area contributed by atoms with E-state index in [1.54, 1.807) is 31.2 Å². The Morgan fingerprint density at radius 1 is 1.33 bits per heavy atom. The molecule has 0 atom stereocenters. The Balaban J connectivity index is 2.63. The number of nitrogens with zero attached hydrogens (tertiary/aromatic N) is 1. The number of aromatic carboxylic acids is 1. The number of aromatic nitrogens is 1. The molecule has 1 N–H and O–H groups in total. The van der Waals surface area contributed by atoms with Gasteiger partial charge in [0.05, 0.1) is 19.4 Å². The number of rotatable bonds is 5. The topological polar surface area (TPSA) is 77.8 Å². The lowest BCUT2D eigenvalue weighted by Gasteiger charge is -2.11. The van der Waals surface area contributed by atoms with E-state index in [4.69, 9.17) is 9.47 Å². The molecule has 6 nitrogen and oxygen atoms in total. The van der Waals surface area contributed by atoms with Gasteiger partial charge < -0.3 is 14.6 Å². The predicted molar refractivity (Wildman–Crippen MR) is 76.7 cm³/mol. The molecule has 1 aromatic carbocycles. The fraction of sp³-hybridized carbons (Fsp3) is 0.200. The van der Waals surface area contributed by atoms with Crippen molar-refractivity contribution in [2.24, 2.45) is 0 Å². The van der Waals surface area contributed by atoms with Gasteiger partial charge in [0.1, 0.15) is 11.5 Å². The van der Waals surface area contributed by atoms with Crippen molar-refractivity contribution in [1.29, 1.82) is 0 Å². The second-order valence-corrected chi connectivity index (χ2v) is 4.17. The molecule has 0 fully saturated rings. The third-order valence-corrected chi connectivity index (χ3v) is 2.90. The molecule has 1 aromatic heterocycles. The average Bonchev–Trinajstić information content (AvgIpc) is 2.47. The van der Waals surface area contributed by atoms with Crippen LogP contribution in [0.15, 0.2) is 41.3 Å². The van der Waals surface area contributed by atoms with E-state index in [9.17, 15) is 14.7 Å². The van der Waals surface area contributed by atoms with Crippen molar-refractivity contribution in [3.8, 4) is 17.2 Å². The number of pyridine rings is 1. The van der Waals surface area contributed by atoms with Crippen LogP contribution in [0.25, 0.3) is 5.69 Å². The van der Waals surface area contributed by atoms with Gasteiger partial charge in [0.2, 0.25) is 0 Å². The monoisotopic (exact) mass is 289 g/mol. The van der Waals surface area contributed by atoms with Crippen LogP contribution in [0.2, 0.25) is 0 Å². The number of hydrogen-bond acceptors (Lipinski definition) is 4. The predicted octanol–water partition coefficient (Wildman–Crippen LogP) is 1.94. The molecule has 6 heteroatoms. The first-order valence-electron chi connectivity index (χ1n) is 6.34. The molecule has 0 radical (unpaired) electrons. The average molecular weight is 289 g/mol. The Bertz CT molecular complexity index is 720. The van der Waals surface area contributed by atoms with Gasteiger partial charge in [0, 0.05) is 12.3 Å². The van der Waals surface area contributed by atoms with E-state index in [0.29, 0.717) is 11.4 Å². The molecule has 0 aliphatic carbocycles. The minimum atomic E-state index is -1.32. The minimum Gasteiger partial charge on any atom is -0.497 e. The zero-order chi connectivity index (χ0) is 15.4. The molecule has 0 unspecified atom stereocenters. The third-order valence-electron chi connectivity index (χ3n) is 2.90. The Hall–Kier alpha value is -2.76. The van der Waals surface area contributed by atoms with E-state index < -0.39 is 11.5 Å². The molecule has 0 saturated carbocycles. The van der Waals surface area contributed by atoms with Crippen molar-refractivity contribution in [1.82, 2.24) is 4.57 Å².